The van der Waals surface area contributed by atoms with Crippen LogP contribution < -0.4 is 5.32 Å². The van der Waals surface area contributed by atoms with Crippen LogP contribution in [0.3, 0.4) is 0 Å². The van der Waals surface area contributed by atoms with E-state index in [4.69, 9.17) is 16.3 Å². The highest BCUT2D eigenvalue weighted by Crippen LogP contribution is 2.38. The number of nitrogens with one attached hydrogen (secondary N) is 1. The van der Waals surface area contributed by atoms with Crippen molar-refractivity contribution >= 4 is 44.6 Å². The Balaban J connectivity index is 1.37. The van der Waals surface area contributed by atoms with Gasteiger partial charge >= 0.3 is 6.09 Å². The maximum atomic E-state index is 14.9. The Bertz CT molecular complexity index is 1750. The summed E-state index contributed by atoms with van der Waals surface area (Å²) in [6.07, 6.45) is 6.21. The summed E-state index contributed by atoms with van der Waals surface area (Å²) in [6, 6.07) is 7.87. The summed E-state index contributed by atoms with van der Waals surface area (Å²) >= 11 is 6.23. The molecule has 4 aromatic rings. The fraction of sp³-hybridized carbons (Fsp3) is 0.333. The second kappa shape index (κ2) is 9.70. The van der Waals surface area contributed by atoms with Gasteiger partial charge in [-0.25, -0.2) is 36.5 Å². The van der Waals surface area contributed by atoms with Crippen LogP contribution in [0.5, 0.6) is 0 Å². The molecule has 6 rings (SSSR count). The minimum Gasteiger partial charge on any atom is -0.441 e. The van der Waals surface area contributed by atoms with E-state index < -0.39 is 21.4 Å². The van der Waals surface area contributed by atoms with E-state index in [1.807, 2.05) is 6.92 Å². The van der Waals surface area contributed by atoms with Gasteiger partial charge in [0.05, 0.1) is 22.7 Å². The number of nitrogens with zero attached hydrogens (tertiary/aromatic N) is 5. The van der Waals surface area contributed by atoms with Crippen LogP contribution in [0.2, 0.25) is 5.02 Å². The number of benzene rings is 1. The van der Waals surface area contributed by atoms with Crippen LogP contribution in [0.4, 0.5) is 15.0 Å². The number of carbonyl (C=O) groups is 1. The van der Waals surface area contributed by atoms with Crippen LogP contribution in [-0.2, 0) is 14.8 Å². The second-order valence-corrected chi connectivity index (χ2v) is 12.7. The van der Waals surface area contributed by atoms with Gasteiger partial charge in [0.15, 0.2) is 23.1 Å². The number of rotatable bonds is 5. The van der Waals surface area contributed by atoms with Crippen LogP contribution in [0.25, 0.3) is 22.4 Å². The van der Waals surface area contributed by atoms with Crippen LogP contribution in [0, 0.1) is 12.7 Å². The van der Waals surface area contributed by atoms with Gasteiger partial charge in [0, 0.05) is 42.9 Å². The highest BCUT2D eigenvalue weighted by atomic mass is 35.5. The molecule has 40 heavy (non-hydrogen) atoms. The Kier molecular flexibility index (Phi) is 6.42. The monoisotopic (exact) mass is 584 g/mol. The fourth-order valence-corrected chi connectivity index (χ4v) is 6.99. The lowest BCUT2D eigenvalue weighted by Gasteiger charge is -2.36. The van der Waals surface area contributed by atoms with Gasteiger partial charge in [0.1, 0.15) is 5.60 Å². The third kappa shape index (κ3) is 4.64. The van der Waals surface area contributed by atoms with Gasteiger partial charge in [-0.3, -0.25) is 0 Å². The van der Waals surface area contributed by atoms with Crippen molar-refractivity contribution in [2.75, 3.05) is 18.9 Å². The number of anilines is 1. The number of amides is 1. The predicted molar refractivity (Wildman–Crippen MR) is 147 cm³/mol. The van der Waals surface area contributed by atoms with Crippen molar-refractivity contribution in [1.82, 2.24) is 23.8 Å². The van der Waals surface area contributed by atoms with E-state index in [9.17, 15) is 17.6 Å². The first-order valence-corrected chi connectivity index (χ1v) is 14.6. The lowest BCUT2D eigenvalue weighted by molar-refractivity contribution is 0.0222. The molecule has 2 unspecified atom stereocenters. The van der Waals surface area contributed by atoms with Crippen molar-refractivity contribution < 1.29 is 22.3 Å². The third-order valence-corrected chi connectivity index (χ3v) is 9.30. The fourth-order valence-electron chi connectivity index (χ4n) is 5.51. The second-order valence-electron chi connectivity index (χ2n) is 10.4. The summed E-state index contributed by atoms with van der Waals surface area (Å²) in [5.41, 5.74) is 0.775. The average molecular weight is 585 g/mol. The Morgan fingerprint density at radius 2 is 1.98 bits per heavy atom. The van der Waals surface area contributed by atoms with Crippen molar-refractivity contribution in [1.29, 1.82) is 0 Å². The molecule has 1 spiro atoms. The molecule has 0 bridgehead atoms. The molecule has 1 aromatic carbocycles. The average Bonchev–Trinajstić information content (AvgIpc) is 3.42. The number of carbonyl (C=O) groups excluding carboxylic acids is 1. The molecule has 13 heteroatoms. The SMILES string of the molecule is Cc1ccc(S(=O)(=O)n2cc(-c3ncc(F)c(NC4CCCC5(C4)CN(C)C(=O)O5)n3)c3cc(Cl)cnc32)cc1. The molecule has 2 aliphatic rings. The minimum absolute atomic E-state index is 0.0259. The number of fused-ring (bicyclic) bond motifs is 1. The van der Waals surface area contributed by atoms with E-state index in [1.165, 1.54) is 24.5 Å². The molecule has 0 radical (unpaired) electrons. The predicted octanol–water partition coefficient (Wildman–Crippen LogP) is 5.01. The Labute approximate surface area is 235 Å². The summed E-state index contributed by atoms with van der Waals surface area (Å²) in [7, 11) is -2.33. The topological polar surface area (TPSA) is 119 Å². The maximum absolute atomic E-state index is 14.9. The van der Waals surface area contributed by atoms with Gasteiger partial charge < -0.3 is 15.0 Å². The van der Waals surface area contributed by atoms with Crippen LogP contribution in [0.15, 0.2) is 53.8 Å². The van der Waals surface area contributed by atoms with Gasteiger partial charge in [-0.15, -0.1) is 0 Å². The molecule has 2 fully saturated rings. The quantitative estimate of drug-likeness (QED) is 0.348. The van der Waals surface area contributed by atoms with Gasteiger partial charge in [-0.2, -0.15) is 0 Å². The van der Waals surface area contributed by atoms with Crippen molar-refractivity contribution in [3.05, 3.63) is 65.3 Å². The van der Waals surface area contributed by atoms with E-state index in [1.54, 1.807) is 30.1 Å². The molecule has 1 N–H and O–H groups in total. The molecule has 4 heterocycles. The lowest BCUT2D eigenvalue weighted by atomic mass is 9.81. The van der Waals surface area contributed by atoms with E-state index in [-0.39, 0.29) is 34.3 Å². The highest BCUT2D eigenvalue weighted by molar-refractivity contribution is 7.90. The number of aromatic nitrogens is 4. The highest BCUT2D eigenvalue weighted by Gasteiger charge is 2.47. The molecule has 3 aromatic heterocycles. The molecule has 1 aliphatic heterocycles. The van der Waals surface area contributed by atoms with Crippen molar-refractivity contribution in [3.8, 4) is 11.4 Å². The number of pyridine rings is 1. The normalized spacial score (nSPS) is 21.2. The molecular formula is C27H26ClFN6O4S. The smallest absolute Gasteiger partial charge is 0.410 e. The van der Waals surface area contributed by atoms with Gasteiger partial charge in [0.2, 0.25) is 0 Å². The van der Waals surface area contributed by atoms with Gasteiger partial charge in [-0.05, 0) is 44.4 Å². The zero-order valence-electron chi connectivity index (χ0n) is 21.8. The first-order chi connectivity index (χ1) is 19.0. The molecule has 208 valence electrons. The number of hydrogen-bond acceptors (Lipinski definition) is 8. The summed E-state index contributed by atoms with van der Waals surface area (Å²) in [5, 5.41) is 3.86. The molecule has 2 atom stereocenters. The largest absolute Gasteiger partial charge is 0.441 e. The zero-order chi connectivity index (χ0) is 28.2. The molecule has 1 aliphatic carbocycles. The molecule has 1 amide bonds. The summed E-state index contributed by atoms with van der Waals surface area (Å²) in [6.45, 7) is 2.34. The summed E-state index contributed by atoms with van der Waals surface area (Å²) < 4.78 is 48.8. The summed E-state index contributed by atoms with van der Waals surface area (Å²) in [5.74, 6) is -0.577. The molecule has 1 saturated heterocycles. The molecule has 10 nitrogen and oxygen atoms in total. The Morgan fingerprint density at radius 3 is 2.70 bits per heavy atom. The zero-order valence-corrected chi connectivity index (χ0v) is 23.3. The lowest BCUT2D eigenvalue weighted by Crippen LogP contribution is -2.43. The first kappa shape index (κ1) is 26.5. The van der Waals surface area contributed by atoms with E-state index >= 15 is 0 Å². The standard InChI is InChI=1S/C27H26ClFN6O4S/c1-16-5-7-19(8-6-16)40(37,38)35-14-21(20-10-17(28)12-31-25(20)35)23-30-13-22(29)24(33-23)32-18-4-3-9-27(11-18)15-34(2)26(36)39-27/h5-8,10,12-14,18H,3-4,9,11,15H2,1-2H3,(H,30,32,33). The maximum Gasteiger partial charge on any atom is 0.410 e. The minimum atomic E-state index is -4.02. The van der Waals surface area contributed by atoms with Gasteiger partial charge in [-0.1, -0.05) is 29.3 Å². The number of halogens is 2. The third-order valence-electron chi connectivity index (χ3n) is 7.43. The molecular weight excluding hydrogens is 559 g/mol. The van der Waals surface area contributed by atoms with Crippen LogP contribution in [-0.4, -0.2) is 63.6 Å². The van der Waals surface area contributed by atoms with Gasteiger partial charge in [0.25, 0.3) is 10.0 Å². The Morgan fingerprint density at radius 1 is 1.20 bits per heavy atom. The van der Waals surface area contributed by atoms with Crippen LogP contribution in [0.1, 0.15) is 31.2 Å². The Hall–Kier alpha value is -3.77. The van der Waals surface area contributed by atoms with Crippen molar-refractivity contribution in [3.63, 3.8) is 0 Å². The number of hydrogen-bond donors (Lipinski definition) is 1. The number of ether oxygens (including phenoxy) is 1. The van der Waals surface area contributed by atoms with Crippen LogP contribution >= 0.6 is 11.6 Å². The number of likely N-dealkylation sites (N-methyl/N-ethyl adjacent to an activating group) is 1. The van der Waals surface area contributed by atoms with Crippen molar-refractivity contribution in [2.24, 2.45) is 0 Å². The number of aryl methyl sites for hydroxylation is 1. The van der Waals surface area contributed by atoms with E-state index in [0.717, 1.165) is 35.0 Å². The van der Waals surface area contributed by atoms with Crippen molar-refractivity contribution in [2.45, 2.75) is 49.1 Å². The van der Waals surface area contributed by atoms with E-state index in [2.05, 4.69) is 20.3 Å². The van der Waals surface area contributed by atoms with E-state index in [0.29, 0.717) is 28.9 Å². The summed E-state index contributed by atoms with van der Waals surface area (Å²) in [4.78, 5) is 26.6. The molecule has 1 saturated carbocycles. The first-order valence-electron chi connectivity index (χ1n) is 12.8.